The molecule has 1 atom stereocenters. The van der Waals surface area contributed by atoms with E-state index in [1.165, 1.54) is 0 Å². The van der Waals surface area contributed by atoms with Crippen LogP contribution in [0.5, 0.6) is 0 Å². The van der Waals surface area contributed by atoms with Crippen LogP contribution in [0.25, 0.3) is 0 Å². The first-order valence-electron chi connectivity index (χ1n) is 8.42. The van der Waals surface area contributed by atoms with Crippen LogP contribution < -0.4 is 0 Å². The normalized spacial score (nSPS) is 18.9. The predicted octanol–water partition coefficient (Wildman–Crippen LogP) is 1.94. The molecule has 2 aromatic heterocycles. The zero-order valence-corrected chi connectivity index (χ0v) is 15.1. The summed E-state index contributed by atoms with van der Waals surface area (Å²) in [6.07, 6.45) is 0. The summed E-state index contributed by atoms with van der Waals surface area (Å²) < 4.78 is 10.9. The maximum absolute atomic E-state index is 5.55. The highest BCUT2D eigenvalue weighted by molar-refractivity contribution is 4.98. The molecular formula is C16H26N6O2. The maximum atomic E-state index is 5.55. The molecule has 1 fully saturated rings. The van der Waals surface area contributed by atoms with Gasteiger partial charge in [0.25, 0.3) is 0 Å². The summed E-state index contributed by atoms with van der Waals surface area (Å²) in [5.74, 6) is 2.75. The lowest BCUT2D eigenvalue weighted by molar-refractivity contribution is 0.0851. The van der Waals surface area contributed by atoms with Crippen molar-refractivity contribution in [2.24, 2.45) is 0 Å². The van der Waals surface area contributed by atoms with Crippen LogP contribution in [-0.4, -0.2) is 56.3 Å². The SMILES string of the molecule is Cc1nnc([C@H](C)N2CCN(Cc3noc(C(C)(C)C)n3)CC2)o1. The fourth-order valence-corrected chi connectivity index (χ4v) is 2.77. The van der Waals surface area contributed by atoms with Crippen molar-refractivity contribution in [3.8, 4) is 0 Å². The van der Waals surface area contributed by atoms with Crippen LogP contribution in [0.4, 0.5) is 0 Å². The third-order valence-electron chi connectivity index (χ3n) is 4.33. The summed E-state index contributed by atoms with van der Waals surface area (Å²) in [6, 6.07) is 0.144. The van der Waals surface area contributed by atoms with E-state index in [-0.39, 0.29) is 11.5 Å². The van der Waals surface area contributed by atoms with Crippen LogP contribution in [0, 0.1) is 6.92 Å². The van der Waals surface area contributed by atoms with E-state index in [1.807, 2.05) is 6.92 Å². The van der Waals surface area contributed by atoms with Gasteiger partial charge in [-0.05, 0) is 6.92 Å². The van der Waals surface area contributed by atoms with Crippen LogP contribution >= 0.6 is 0 Å². The second kappa shape index (κ2) is 6.60. The summed E-state index contributed by atoms with van der Waals surface area (Å²) in [6.45, 7) is 14.7. The van der Waals surface area contributed by atoms with Gasteiger partial charge in [0.05, 0.1) is 12.6 Å². The maximum Gasteiger partial charge on any atom is 0.233 e. The average molecular weight is 334 g/mol. The summed E-state index contributed by atoms with van der Waals surface area (Å²) in [4.78, 5) is 9.22. The standard InChI is InChI=1S/C16H26N6O2/c1-11(14-19-18-12(2)23-14)22-8-6-21(7-9-22)10-13-17-15(24-20-13)16(3,4)5/h11H,6-10H2,1-5H3/t11-/m0/s1. The lowest BCUT2D eigenvalue weighted by Crippen LogP contribution is -2.46. The van der Waals surface area contributed by atoms with Crippen molar-refractivity contribution in [2.75, 3.05) is 26.2 Å². The smallest absolute Gasteiger partial charge is 0.233 e. The molecule has 1 aliphatic heterocycles. The Hall–Kier alpha value is -1.80. The van der Waals surface area contributed by atoms with Crippen molar-refractivity contribution in [2.45, 2.75) is 52.6 Å². The van der Waals surface area contributed by atoms with Crippen LogP contribution in [0.1, 0.15) is 57.2 Å². The molecule has 0 radical (unpaired) electrons. The fourth-order valence-electron chi connectivity index (χ4n) is 2.77. The minimum Gasteiger partial charge on any atom is -0.424 e. The van der Waals surface area contributed by atoms with E-state index < -0.39 is 0 Å². The highest BCUT2D eigenvalue weighted by Crippen LogP contribution is 2.22. The van der Waals surface area contributed by atoms with Gasteiger partial charge in [0, 0.05) is 38.5 Å². The topological polar surface area (TPSA) is 84.3 Å². The van der Waals surface area contributed by atoms with Crippen LogP contribution in [0.15, 0.2) is 8.94 Å². The molecule has 3 heterocycles. The van der Waals surface area contributed by atoms with E-state index >= 15 is 0 Å². The molecule has 0 spiro atoms. The average Bonchev–Trinajstić information content (AvgIpc) is 3.16. The Morgan fingerprint density at radius 1 is 1.12 bits per heavy atom. The third-order valence-corrected chi connectivity index (χ3v) is 4.33. The summed E-state index contributed by atoms with van der Waals surface area (Å²) >= 11 is 0. The van der Waals surface area contributed by atoms with Crippen molar-refractivity contribution >= 4 is 0 Å². The first-order valence-corrected chi connectivity index (χ1v) is 8.42. The molecule has 0 saturated carbocycles. The molecule has 132 valence electrons. The number of aromatic nitrogens is 4. The molecule has 2 aromatic rings. The van der Waals surface area contributed by atoms with Gasteiger partial charge in [0.2, 0.25) is 17.7 Å². The molecule has 0 N–H and O–H groups in total. The Morgan fingerprint density at radius 2 is 1.83 bits per heavy atom. The Morgan fingerprint density at radius 3 is 2.38 bits per heavy atom. The second-order valence-corrected chi connectivity index (χ2v) is 7.41. The first-order chi connectivity index (χ1) is 11.3. The number of rotatable bonds is 4. The Labute approximate surface area is 142 Å². The van der Waals surface area contributed by atoms with Gasteiger partial charge in [0.15, 0.2) is 5.82 Å². The summed E-state index contributed by atoms with van der Waals surface area (Å²) in [5, 5.41) is 12.2. The number of piperazine rings is 1. The zero-order valence-electron chi connectivity index (χ0n) is 15.1. The highest BCUT2D eigenvalue weighted by atomic mass is 16.5. The first kappa shape index (κ1) is 17.0. The van der Waals surface area contributed by atoms with Gasteiger partial charge in [-0.15, -0.1) is 10.2 Å². The van der Waals surface area contributed by atoms with E-state index in [2.05, 4.69) is 57.8 Å². The Kier molecular flexibility index (Phi) is 4.69. The fraction of sp³-hybridized carbons (Fsp3) is 0.750. The van der Waals surface area contributed by atoms with Gasteiger partial charge in [0.1, 0.15) is 0 Å². The van der Waals surface area contributed by atoms with Gasteiger partial charge < -0.3 is 8.94 Å². The quantitative estimate of drug-likeness (QED) is 0.838. The lowest BCUT2D eigenvalue weighted by Gasteiger charge is -2.36. The van der Waals surface area contributed by atoms with Crippen molar-refractivity contribution in [3.63, 3.8) is 0 Å². The molecule has 24 heavy (non-hydrogen) atoms. The number of hydrogen-bond acceptors (Lipinski definition) is 8. The Bertz CT molecular complexity index is 666. The van der Waals surface area contributed by atoms with E-state index in [0.717, 1.165) is 38.5 Å². The van der Waals surface area contributed by atoms with Gasteiger partial charge in [-0.2, -0.15) is 4.98 Å². The number of aryl methyl sites for hydroxylation is 1. The van der Waals surface area contributed by atoms with Crippen molar-refractivity contribution in [1.29, 1.82) is 0 Å². The largest absolute Gasteiger partial charge is 0.424 e. The molecular weight excluding hydrogens is 308 g/mol. The third kappa shape index (κ3) is 3.81. The molecule has 0 amide bonds. The molecule has 0 aromatic carbocycles. The van der Waals surface area contributed by atoms with Crippen LogP contribution in [0.2, 0.25) is 0 Å². The van der Waals surface area contributed by atoms with E-state index in [4.69, 9.17) is 8.94 Å². The molecule has 1 aliphatic rings. The van der Waals surface area contributed by atoms with Crippen molar-refractivity contribution < 1.29 is 8.94 Å². The molecule has 8 heteroatoms. The molecule has 8 nitrogen and oxygen atoms in total. The Balaban J connectivity index is 1.53. The summed E-state index contributed by atoms with van der Waals surface area (Å²) in [5.41, 5.74) is -0.110. The van der Waals surface area contributed by atoms with Crippen LogP contribution in [0.3, 0.4) is 0 Å². The van der Waals surface area contributed by atoms with Gasteiger partial charge in [-0.3, -0.25) is 9.80 Å². The van der Waals surface area contributed by atoms with Crippen LogP contribution in [-0.2, 0) is 12.0 Å². The minimum atomic E-state index is -0.110. The number of nitrogens with zero attached hydrogens (tertiary/aromatic N) is 6. The van der Waals surface area contributed by atoms with Gasteiger partial charge in [-0.1, -0.05) is 25.9 Å². The monoisotopic (exact) mass is 334 g/mol. The summed E-state index contributed by atoms with van der Waals surface area (Å²) in [7, 11) is 0. The van der Waals surface area contributed by atoms with E-state index in [1.54, 1.807) is 0 Å². The zero-order chi connectivity index (χ0) is 17.3. The molecule has 0 bridgehead atoms. The molecule has 3 rings (SSSR count). The van der Waals surface area contributed by atoms with E-state index in [9.17, 15) is 0 Å². The van der Waals surface area contributed by atoms with E-state index in [0.29, 0.717) is 17.7 Å². The van der Waals surface area contributed by atoms with Gasteiger partial charge in [-0.25, -0.2) is 0 Å². The molecule has 1 saturated heterocycles. The minimum absolute atomic E-state index is 0.110. The van der Waals surface area contributed by atoms with Crippen molar-refractivity contribution in [1.82, 2.24) is 30.1 Å². The second-order valence-electron chi connectivity index (χ2n) is 7.41. The van der Waals surface area contributed by atoms with Crippen molar-refractivity contribution in [3.05, 3.63) is 23.5 Å². The lowest BCUT2D eigenvalue weighted by atomic mass is 9.97. The molecule has 0 unspecified atom stereocenters. The predicted molar refractivity (Wildman–Crippen MR) is 87.3 cm³/mol. The molecule has 0 aliphatic carbocycles. The van der Waals surface area contributed by atoms with Gasteiger partial charge >= 0.3 is 0 Å². The number of hydrogen-bond donors (Lipinski definition) is 0. The highest BCUT2D eigenvalue weighted by Gasteiger charge is 2.27.